The lowest BCUT2D eigenvalue weighted by Gasteiger charge is -2.26. The predicted molar refractivity (Wildman–Crippen MR) is 58.6 cm³/mol. The largest absolute Gasteiger partial charge is 0.286 e. The Morgan fingerprint density at radius 2 is 1.88 bits per heavy atom. The highest BCUT2D eigenvalue weighted by Gasteiger charge is 2.40. The molecule has 0 aliphatic heterocycles. The Hall–Kier alpha value is -1.49. The van der Waals surface area contributed by atoms with E-state index in [9.17, 15) is 18.8 Å². The number of rotatable bonds is 4. The van der Waals surface area contributed by atoms with Gasteiger partial charge in [0, 0.05) is 0 Å². The van der Waals surface area contributed by atoms with Crippen LogP contribution in [0.4, 0.5) is 8.78 Å². The zero-order chi connectivity index (χ0) is 13.1. The fourth-order valence-electron chi connectivity index (χ4n) is 1.25. The van der Waals surface area contributed by atoms with E-state index in [0.29, 0.717) is 10.6 Å². The Balaban J connectivity index is 2.72. The molecule has 0 atom stereocenters. The van der Waals surface area contributed by atoms with Gasteiger partial charge < -0.3 is 0 Å². The van der Waals surface area contributed by atoms with E-state index in [1.54, 1.807) is 30.3 Å². The van der Waals surface area contributed by atoms with Crippen molar-refractivity contribution in [1.29, 1.82) is 0 Å². The van der Waals surface area contributed by atoms with Crippen LogP contribution in [0.15, 0.2) is 30.3 Å². The fraction of sp³-hybridized carbons (Fsp3) is 0.417. The van der Waals surface area contributed by atoms with E-state index in [2.05, 4.69) is 0 Å². The number of carbonyl (C=O) groups is 1. The van der Waals surface area contributed by atoms with Crippen LogP contribution in [-0.4, -0.2) is 22.6 Å². The third-order valence-electron chi connectivity index (χ3n) is 2.51. The minimum absolute atomic E-state index is 0.101. The quantitative estimate of drug-likeness (QED) is 0.652. The number of hydrogen-bond acceptors (Lipinski definition) is 2. The number of benzene rings is 1. The zero-order valence-electron chi connectivity index (χ0n) is 9.73. The first-order chi connectivity index (χ1) is 7.85. The number of hydroxylamine groups is 2. The highest BCUT2D eigenvalue weighted by atomic mass is 19.3. The molecule has 0 fully saturated rings. The summed E-state index contributed by atoms with van der Waals surface area (Å²) in [5.74, 6) is -0.989. The minimum Gasteiger partial charge on any atom is -0.286 e. The molecule has 3 nitrogen and oxygen atoms in total. The maximum Gasteiger partial charge on any atom is 0.257 e. The molecule has 1 amide bonds. The number of hydrogen-bond donors (Lipinski definition) is 1. The molecule has 0 saturated carbocycles. The average molecular weight is 243 g/mol. The molecule has 0 heterocycles. The summed E-state index contributed by atoms with van der Waals surface area (Å²) in [5.41, 5.74) is -1.21. The van der Waals surface area contributed by atoms with E-state index >= 15 is 0 Å². The van der Waals surface area contributed by atoms with Gasteiger partial charge in [-0.25, -0.2) is 13.8 Å². The van der Waals surface area contributed by atoms with Crippen molar-refractivity contribution in [3.8, 4) is 0 Å². The van der Waals surface area contributed by atoms with Crippen LogP contribution in [0.1, 0.15) is 19.4 Å². The maximum atomic E-state index is 12.6. The summed E-state index contributed by atoms with van der Waals surface area (Å²) in [6.45, 7) is 2.11. The highest BCUT2D eigenvalue weighted by Crippen LogP contribution is 2.27. The topological polar surface area (TPSA) is 40.5 Å². The van der Waals surface area contributed by atoms with Gasteiger partial charge in [-0.15, -0.1) is 0 Å². The Morgan fingerprint density at radius 3 is 2.35 bits per heavy atom. The molecule has 1 rings (SSSR count). The van der Waals surface area contributed by atoms with Crippen molar-refractivity contribution in [2.45, 2.75) is 26.8 Å². The summed E-state index contributed by atoms with van der Waals surface area (Å²) in [7, 11) is 0. The maximum absolute atomic E-state index is 12.6. The number of amides is 1. The van der Waals surface area contributed by atoms with E-state index in [4.69, 9.17) is 0 Å². The monoisotopic (exact) mass is 243 g/mol. The van der Waals surface area contributed by atoms with Gasteiger partial charge in [-0.3, -0.25) is 10.0 Å². The van der Waals surface area contributed by atoms with Gasteiger partial charge in [0.25, 0.3) is 12.3 Å². The van der Waals surface area contributed by atoms with Gasteiger partial charge in [0.15, 0.2) is 0 Å². The van der Waals surface area contributed by atoms with Gasteiger partial charge in [0.2, 0.25) is 0 Å². The second-order valence-electron chi connectivity index (χ2n) is 4.37. The number of carbonyl (C=O) groups excluding carboxylic acids is 1. The lowest BCUT2D eigenvalue weighted by atomic mass is 9.93. The SMILES string of the molecule is CC(C)(C(=O)N(O)Cc1ccccc1)C(F)F. The van der Waals surface area contributed by atoms with Gasteiger partial charge in [-0.2, -0.15) is 0 Å². The summed E-state index contributed by atoms with van der Waals surface area (Å²) < 4.78 is 25.2. The van der Waals surface area contributed by atoms with Crippen LogP contribution in [0.25, 0.3) is 0 Å². The Bertz CT molecular complexity index is 379. The molecule has 0 saturated heterocycles. The zero-order valence-corrected chi connectivity index (χ0v) is 9.73. The lowest BCUT2D eigenvalue weighted by Crippen LogP contribution is -2.42. The molecule has 0 spiro atoms. The van der Waals surface area contributed by atoms with Gasteiger partial charge in [0.05, 0.1) is 6.54 Å². The molecule has 0 bridgehead atoms. The van der Waals surface area contributed by atoms with Crippen molar-refractivity contribution in [3.05, 3.63) is 35.9 Å². The van der Waals surface area contributed by atoms with Crippen LogP contribution >= 0.6 is 0 Å². The van der Waals surface area contributed by atoms with Crippen LogP contribution in [0.2, 0.25) is 0 Å². The minimum atomic E-state index is -2.82. The molecule has 0 radical (unpaired) electrons. The molecule has 1 aromatic rings. The number of halogens is 2. The van der Waals surface area contributed by atoms with Gasteiger partial charge >= 0.3 is 0 Å². The predicted octanol–water partition coefficient (Wildman–Crippen LogP) is 2.70. The summed E-state index contributed by atoms with van der Waals surface area (Å²) in [6, 6.07) is 8.67. The van der Waals surface area contributed by atoms with Crippen LogP contribution < -0.4 is 0 Å². The summed E-state index contributed by atoms with van der Waals surface area (Å²) in [5, 5.41) is 9.84. The van der Waals surface area contributed by atoms with Crippen molar-refractivity contribution in [2.75, 3.05) is 0 Å². The molecule has 1 aromatic carbocycles. The Morgan fingerprint density at radius 1 is 1.35 bits per heavy atom. The molecule has 0 unspecified atom stereocenters. The smallest absolute Gasteiger partial charge is 0.257 e. The van der Waals surface area contributed by atoms with Crippen LogP contribution in [0.3, 0.4) is 0 Å². The summed E-state index contributed by atoms with van der Waals surface area (Å²) in [4.78, 5) is 11.6. The third kappa shape index (κ3) is 3.23. The van der Waals surface area contributed by atoms with Crippen LogP contribution in [-0.2, 0) is 11.3 Å². The molecule has 5 heteroatoms. The second-order valence-corrected chi connectivity index (χ2v) is 4.37. The number of alkyl halides is 2. The first-order valence-electron chi connectivity index (χ1n) is 5.18. The first-order valence-corrected chi connectivity index (χ1v) is 5.18. The van der Waals surface area contributed by atoms with Crippen LogP contribution in [0, 0.1) is 5.41 Å². The molecular formula is C12H15F2NO2. The van der Waals surface area contributed by atoms with Crippen molar-refractivity contribution in [3.63, 3.8) is 0 Å². The molecule has 0 aromatic heterocycles. The lowest BCUT2D eigenvalue weighted by molar-refractivity contribution is -0.186. The molecule has 1 N–H and O–H groups in total. The molecule has 0 aliphatic carbocycles. The first kappa shape index (κ1) is 13.6. The van der Waals surface area contributed by atoms with Gasteiger partial charge in [-0.1, -0.05) is 30.3 Å². The van der Waals surface area contributed by atoms with E-state index < -0.39 is 17.7 Å². The van der Waals surface area contributed by atoms with Gasteiger partial charge in [-0.05, 0) is 19.4 Å². The van der Waals surface area contributed by atoms with Crippen molar-refractivity contribution < 1.29 is 18.8 Å². The third-order valence-corrected chi connectivity index (χ3v) is 2.51. The van der Waals surface area contributed by atoms with E-state index in [1.165, 1.54) is 0 Å². The van der Waals surface area contributed by atoms with Gasteiger partial charge in [0.1, 0.15) is 5.41 Å². The highest BCUT2D eigenvalue weighted by molar-refractivity contribution is 5.81. The van der Waals surface area contributed by atoms with Crippen molar-refractivity contribution in [2.24, 2.45) is 5.41 Å². The number of nitrogens with zero attached hydrogens (tertiary/aromatic N) is 1. The molecule has 94 valence electrons. The molecular weight excluding hydrogens is 228 g/mol. The second kappa shape index (κ2) is 5.23. The summed E-state index contributed by atoms with van der Waals surface area (Å²) in [6.07, 6.45) is -2.82. The molecule has 0 aliphatic rings. The van der Waals surface area contributed by atoms with E-state index in [1.807, 2.05) is 0 Å². The average Bonchev–Trinajstić information content (AvgIpc) is 2.29. The van der Waals surface area contributed by atoms with Crippen molar-refractivity contribution in [1.82, 2.24) is 5.06 Å². The normalized spacial score (nSPS) is 11.6. The van der Waals surface area contributed by atoms with Crippen molar-refractivity contribution >= 4 is 5.91 Å². The summed E-state index contributed by atoms with van der Waals surface area (Å²) >= 11 is 0. The van der Waals surface area contributed by atoms with Crippen LogP contribution in [0.5, 0.6) is 0 Å². The Kier molecular flexibility index (Phi) is 4.17. The van der Waals surface area contributed by atoms with E-state index in [0.717, 1.165) is 13.8 Å². The fourth-order valence-corrected chi connectivity index (χ4v) is 1.25. The van der Waals surface area contributed by atoms with E-state index in [-0.39, 0.29) is 6.54 Å². The molecule has 17 heavy (non-hydrogen) atoms. The Labute approximate surface area is 98.6 Å². The standard InChI is InChI=1S/C12H15F2NO2/c1-12(2,10(13)14)11(16)15(17)8-9-6-4-3-5-7-9/h3-7,10,17H,8H2,1-2H3.